The third kappa shape index (κ3) is 7.93. The van der Waals surface area contributed by atoms with E-state index in [4.69, 9.17) is 0 Å². The van der Waals surface area contributed by atoms with Crippen molar-refractivity contribution in [2.75, 3.05) is 11.1 Å². The molecule has 0 atom stereocenters. The van der Waals surface area contributed by atoms with Crippen LogP contribution in [-0.4, -0.2) is 11.1 Å². The number of benzene rings is 1. The molecule has 0 aromatic heterocycles. The van der Waals surface area contributed by atoms with E-state index < -0.39 is 0 Å². The van der Waals surface area contributed by atoms with Crippen LogP contribution in [0.3, 0.4) is 0 Å². The van der Waals surface area contributed by atoms with Crippen molar-refractivity contribution in [3.05, 3.63) is 29.8 Å². The maximum Gasteiger partial charge on any atom is 0.136 e. The quantitative estimate of drug-likeness (QED) is 0.275. The molecule has 0 aliphatic rings. The Balaban J connectivity index is 2.03. The van der Waals surface area contributed by atoms with Crippen LogP contribution in [-0.2, 0) is 0 Å². The SMILES string of the molecule is Fc1ccc(F)c(SCCCCCCCCCBr)c1. The van der Waals surface area contributed by atoms with Crippen LogP contribution >= 0.6 is 27.7 Å². The highest BCUT2D eigenvalue weighted by Crippen LogP contribution is 2.24. The van der Waals surface area contributed by atoms with Crippen LogP contribution in [0.5, 0.6) is 0 Å². The molecule has 0 amide bonds. The molecule has 0 aliphatic heterocycles. The fraction of sp³-hybridized carbons (Fsp3) is 0.600. The Morgan fingerprint density at radius 1 is 0.895 bits per heavy atom. The fourth-order valence-corrected chi connectivity index (χ4v) is 3.22. The average molecular weight is 351 g/mol. The summed E-state index contributed by atoms with van der Waals surface area (Å²) in [7, 11) is 0. The third-order valence-electron chi connectivity index (χ3n) is 2.93. The highest BCUT2D eigenvalue weighted by molar-refractivity contribution is 9.09. The van der Waals surface area contributed by atoms with Crippen molar-refractivity contribution >= 4 is 27.7 Å². The second kappa shape index (κ2) is 10.7. The van der Waals surface area contributed by atoms with Crippen LogP contribution in [0.1, 0.15) is 44.9 Å². The first-order chi connectivity index (χ1) is 9.24. The first-order valence-electron chi connectivity index (χ1n) is 6.88. The zero-order valence-electron chi connectivity index (χ0n) is 11.1. The summed E-state index contributed by atoms with van der Waals surface area (Å²) in [5.41, 5.74) is 0. The van der Waals surface area contributed by atoms with Crippen LogP contribution in [0.2, 0.25) is 0 Å². The van der Waals surface area contributed by atoms with Crippen molar-refractivity contribution in [1.82, 2.24) is 0 Å². The summed E-state index contributed by atoms with van der Waals surface area (Å²) >= 11 is 4.84. The fourth-order valence-electron chi connectivity index (χ4n) is 1.85. The molecule has 1 aromatic rings. The van der Waals surface area contributed by atoms with Gasteiger partial charge in [0, 0.05) is 10.2 Å². The van der Waals surface area contributed by atoms with Gasteiger partial charge < -0.3 is 0 Å². The molecule has 4 heteroatoms. The molecule has 108 valence electrons. The van der Waals surface area contributed by atoms with E-state index in [1.54, 1.807) is 0 Å². The van der Waals surface area contributed by atoms with Gasteiger partial charge in [-0.25, -0.2) is 8.78 Å². The summed E-state index contributed by atoms with van der Waals surface area (Å²) in [6, 6.07) is 3.63. The monoisotopic (exact) mass is 350 g/mol. The van der Waals surface area contributed by atoms with E-state index in [0.717, 1.165) is 23.6 Å². The van der Waals surface area contributed by atoms with Crippen molar-refractivity contribution in [3.8, 4) is 0 Å². The zero-order valence-corrected chi connectivity index (χ0v) is 13.5. The minimum absolute atomic E-state index is 0.318. The van der Waals surface area contributed by atoms with Gasteiger partial charge in [0.15, 0.2) is 0 Å². The molecule has 1 aromatic carbocycles. The number of unbranched alkanes of at least 4 members (excludes halogenated alkanes) is 6. The Hall–Kier alpha value is -0.0900. The highest BCUT2D eigenvalue weighted by Gasteiger charge is 2.03. The van der Waals surface area contributed by atoms with E-state index in [1.807, 2.05) is 0 Å². The number of hydrogen-bond acceptors (Lipinski definition) is 1. The third-order valence-corrected chi connectivity index (χ3v) is 4.61. The van der Waals surface area contributed by atoms with Gasteiger partial charge in [0.05, 0.1) is 0 Å². The van der Waals surface area contributed by atoms with Crippen molar-refractivity contribution in [2.24, 2.45) is 0 Å². The molecule has 0 fully saturated rings. The molecule has 19 heavy (non-hydrogen) atoms. The van der Waals surface area contributed by atoms with E-state index in [0.29, 0.717) is 4.90 Å². The first kappa shape index (κ1) is 17.0. The number of halogens is 3. The lowest BCUT2D eigenvalue weighted by Gasteiger charge is -2.04. The number of rotatable bonds is 10. The molecule has 0 bridgehead atoms. The van der Waals surface area contributed by atoms with E-state index in [1.165, 1.54) is 62.4 Å². The molecular formula is C15H21BrF2S. The standard InChI is InChI=1S/C15H21BrF2S/c16-10-6-4-2-1-3-5-7-11-19-15-12-13(17)8-9-14(15)18/h8-9,12H,1-7,10-11H2. The van der Waals surface area contributed by atoms with Gasteiger partial charge >= 0.3 is 0 Å². The van der Waals surface area contributed by atoms with Gasteiger partial charge in [0.25, 0.3) is 0 Å². The highest BCUT2D eigenvalue weighted by atomic mass is 79.9. The average Bonchev–Trinajstić information content (AvgIpc) is 2.40. The van der Waals surface area contributed by atoms with E-state index in [9.17, 15) is 8.78 Å². The predicted molar refractivity (Wildman–Crippen MR) is 83.2 cm³/mol. The summed E-state index contributed by atoms with van der Waals surface area (Å²) in [5.74, 6) is 0.179. The number of hydrogen-bond donors (Lipinski definition) is 0. The van der Waals surface area contributed by atoms with Crippen LogP contribution in [0.15, 0.2) is 23.1 Å². The normalized spacial score (nSPS) is 10.9. The van der Waals surface area contributed by atoms with Crippen LogP contribution in [0.4, 0.5) is 8.78 Å². The molecule has 0 radical (unpaired) electrons. The molecule has 0 heterocycles. The van der Waals surface area contributed by atoms with Crippen molar-refractivity contribution < 1.29 is 8.78 Å². The van der Waals surface area contributed by atoms with E-state index >= 15 is 0 Å². The summed E-state index contributed by atoms with van der Waals surface area (Å²) in [6.07, 6.45) is 8.64. The topological polar surface area (TPSA) is 0 Å². The minimum Gasteiger partial charge on any atom is -0.207 e. The van der Waals surface area contributed by atoms with Crippen molar-refractivity contribution in [2.45, 2.75) is 49.8 Å². The predicted octanol–water partition coefficient (Wildman–Crippen LogP) is 6.18. The van der Waals surface area contributed by atoms with Gasteiger partial charge in [-0.15, -0.1) is 11.8 Å². The molecule has 0 N–H and O–H groups in total. The van der Waals surface area contributed by atoms with Crippen LogP contribution in [0.25, 0.3) is 0 Å². The van der Waals surface area contributed by atoms with E-state index in [-0.39, 0.29) is 11.6 Å². The van der Waals surface area contributed by atoms with Gasteiger partial charge in [-0.3, -0.25) is 0 Å². The second-order valence-corrected chi connectivity index (χ2v) is 6.52. The van der Waals surface area contributed by atoms with Crippen LogP contribution < -0.4 is 0 Å². The van der Waals surface area contributed by atoms with Gasteiger partial charge in [-0.1, -0.05) is 48.0 Å². The Bertz CT molecular complexity index is 358. The maximum atomic E-state index is 13.3. The van der Waals surface area contributed by atoms with Gasteiger partial charge in [-0.2, -0.15) is 0 Å². The minimum atomic E-state index is -0.365. The Kier molecular flexibility index (Phi) is 9.52. The Morgan fingerprint density at radius 2 is 1.53 bits per heavy atom. The van der Waals surface area contributed by atoms with E-state index in [2.05, 4.69) is 15.9 Å². The summed E-state index contributed by atoms with van der Waals surface area (Å²) < 4.78 is 26.3. The van der Waals surface area contributed by atoms with Crippen molar-refractivity contribution in [3.63, 3.8) is 0 Å². The smallest absolute Gasteiger partial charge is 0.136 e. The molecule has 0 unspecified atom stereocenters. The van der Waals surface area contributed by atoms with Gasteiger partial charge in [0.2, 0.25) is 0 Å². The summed E-state index contributed by atoms with van der Waals surface area (Å²) in [5, 5.41) is 1.10. The molecule has 0 saturated heterocycles. The van der Waals surface area contributed by atoms with Crippen molar-refractivity contribution in [1.29, 1.82) is 0 Å². The van der Waals surface area contributed by atoms with Gasteiger partial charge in [-0.05, 0) is 36.8 Å². The zero-order chi connectivity index (χ0) is 13.9. The lowest BCUT2D eigenvalue weighted by molar-refractivity contribution is 0.576. The molecule has 0 aliphatic carbocycles. The Morgan fingerprint density at radius 3 is 2.21 bits per heavy atom. The number of alkyl halides is 1. The first-order valence-corrected chi connectivity index (χ1v) is 8.98. The second-order valence-electron chi connectivity index (χ2n) is 4.59. The van der Waals surface area contributed by atoms with Gasteiger partial charge in [0.1, 0.15) is 11.6 Å². The Labute approximate surface area is 127 Å². The number of thioether (sulfide) groups is 1. The maximum absolute atomic E-state index is 13.3. The molecular weight excluding hydrogens is 330 g/mol. The molecule has 1 rings (SSSR count). The molecule has 0 spiro atoms. The largest absolute Gasteiger partial charge is 0.207 e. The van der Waals surface area contributed by atoms with Crippen LogP contribution in [0, 0.1) is 11.6 Å². The summed E-state index contributed by atoms with van der Waals surface area (Å²) in [4.78, 5) is 0.428. The molecule has 0 saturated carbocycles. The lowest BCUT2D eigenvalue weighted by Crippen LogP contribution is -1.87. The summed E-state index contributed by atoms with van der Waals surface area (Å²) in [6.45, 7) is 0. The lowest BCUT2D eigenvalue weighted by atomic mass is 10.1. The molecule has 0 nitrogen and oxygen atoms in total.